The van der Waals surface area contributed by atoms with Gasteiger partial charge in [-0.05, 0) is 25.5 Å². The average Bonchev–Trinajstić information content (AvgIpc) is 2.40. The summed E-state index contributed by atoms with van der Waals surface area (Å²) in [6.07, 6.45) is 0.372. The molecular weight excluding hydrogens is 273 g/mol. The van der Waals surface area contributed by atoms with Crippen molar-refractivity contribution in [3.05, 3.63) is 34.6 Å². The van der Waals surface area contributed by atoms with Gasteiger partial charge in [0.05, 0.1) is 16.1 Å². The van der Waals surface area contributed by atoms with Crippen molar-refractivity contribution in [1.82, 2.24) is 5.32 Å². The van der Waals surface area contributed by atoms with Gasteiger partial charge in [-0.2, -0.15) is 0 Å². The van der Waals surface area contributed by atoms with Crippen LogP contribution in [0.15, 0.2) is 23.4 Å². The van der Waals surface area contributed by atoms with Gasteiger partial charge in [0, 0.05) is 0 Å². The van der Waals surface area contributed by atoms with E-state index in [9.17, 15) is 9.18 Å². The Hall–Kier alpha value is -1.82. The Labute approximate surface area is 115 Å². The average molecular weight is 288 g/mol. The molecule has 5 nitrogen and oxygen atoms in total. The molecule has 4 N–H and O–H groups in total. The Morgan fingerprint density at radius 3 is 2.79 bits per heavy atom. The van der Waals surface area contributed by atoms with Crippen LogP contribution in [-0.2, 0) is 0 Å². The van der Waals surface area contributed by atoms with Crippen LogP contribution >= 0.6 is 11.6 Å². The van der Waals surface area contributed by atoms with Gasteiger partial charge in [-0.15, -0.1) is 0 Å². The summed E-state index contributed by atoms with van der Waals surface area (Å²) in [6.45, 7) is 3.31. The third-order valence-electron chi connectivity index (χ3n) is 2.97. The smallest absolute Gasteiger partial charge is 0.255 e. The van der Waals surface area contributed by atoms with E-state index in [2.05, 4.69) is 10.5 Å². The number of oxime groups is 1. The molecule has 1 amide bonds. The van der Waals surface area contributed by atoms with E-state index in [1.165, 1.54) is 18.2 Å². The lowest BCUT2D eigenvalue weighted by Crippen LogP contribution is -2.55. The zero-order valence-electron chi connectivity index (χ0n) is 10.6. The van der Waals surface area contributed by atoms with Crippen LogP contribution in [0.4, 0.5) is 4.39 Å². The maximum absolute atomic E-state index is 13.7. The SMILES string of the molecule is CCC(C)(NC(=O)c1cccc(Cl)c1F)/C(N)=N/O. The van der Waals surface area contributed by atoms with Crippen LogP contribution in [0.5, 0.6) is 0 Å². The number of amides is 1. The minimum Gasteiger partial charge on any atom is -0.409 e. The molecule has 0 fully saturated rings. The van der Waals surface area contributed by atoms with Gasteiger partial charge in [-0.25, -0.2) is 4.39 Å². The number of carbonyl (C=O) groups is 1. The molecule has 0 aliphatic carbocycles. The normalized spacial score (nSPS) is 14.8. The van der Waals surface area contributed by atoms with E-state index in [4.69, 9.17) is 22.5 Å². The summed E-state index contributed by atoms with van der Waals surface area (Å²) in [6, 6.07) is 4.11. The van der Waals surface area contributed by atoms with Crippen molar-refractivity contribution >= 4 is 23.3 Å². The summed E-state index contributed by atoms with van der Waals surface area (Å²) in [7, 11) is 0. The van der Waals surface area contributed by atoms with E-state index in [0.717, 1.165) is 0 Å². The standard InChI is InChI=1S/C12H15ClFN3O2/c1-3-12(2,11(15)17-19)16-10(18)7-5-4-6-8(13)9(7)14/h4-6,19H,3H2,1-2H3,(H2,15,17)(H,16,18). The maximum Gasteiger partial charge on any atom is 0.255 e. The molecular formula is C12H15ClFN3O2. The second kappa shape index (κ2) is 5.88. The molecule has 104 valence electrons. The van der Waals surface area contributed by atoms with Crippen LogP contribution in [-0.4, -0.2) is 22.5 Å². The Morgan fingerprint density at radius 2 is 2.26 bits per heavy atom. The van der Waals surface area contributed by atoms with Crippen LogP contribution in [0, 0.1) is 5.82 Å². The third-order valence-corrected chi connectivity index (χ3v) is 3.26. The molecule has 0 saturated heterocycles. The van der Waals surface area contributed by atoms with Crippen molar-refractivity contribution in [2.24, 2.45) is 10.9 Å². The van der Waals surface area contributed by atoms with Crippen LogP contribution in [0.25, 0.3) is 0 Å². The van der Waals surface area contributed by atoms with Crippen LogP contribution in [0.2, 0.25) is 5.02 Å². The summed E-state index contributed by atoms with van der Waals surface area (Å²) >= 11 is 5.61. The fraction of sp³-hybridized carbons (Fsp3) is 0.333. The number of nitrogens with one attached hydrogen (secondary N) is 1. The fourth-order valence-corrected chi connectivity index (χ4v) is 1.62. The number of hydrogen-bond donors (Lipinski definition) is 3. The molecule has 1 rings (SSSR count). The maximum atomic E-state index is 13.7. The molecule has 0 aromatic heterocycles. The molecule has 0 radical (unpaired) electrons. The highest BCUT2D eigenvalue weighted by atomic mass is 35.5. The topological polar surface area (TPSA) is 87.7 Å². The number of nitrogens with two attached hydrogens (primary N) is 1. The highest BCUT2D eigenvalue weighted by Crippen LogP contribution is 2.19. The highest BCUT2D eigenvalue weighted by molar-refractivity contribution is 6.31. The van der Waals surface area contributed by atoms with Gasteiger partial charge in [0.15, 0.2) is 11.7 Å². The van der Waals surface area contributed by atoms with Crippen molar-refractivity contribution in [3.63, 3.8) is 0 Å². The number of amidine groups is 1. The van der Waals surface area contributed by atoms with Gasteiger partial charge in [0.1, 0.15) is 0 Å². The first kappa shape index (κ1) is 15.2. The molecule has 1 aromatic carbocycles. The van der Waals surface area contributed by atoms with Gasteiger partial charge in [0.2, 0.25) is 0 Å². The molecule has 0 heterocycles. The molecule has 0 spiro atoms. The largest absolute Gasteiger partial charge is 0.409 e. The Morgan fingerprint density at radius 1 is 1.63 bits per heavy atom. The van der Waals surface area contributed by atoms with Crippen molar-refractivity contribution in [1.29, 1.82) is 0 Å². The molecule has 1 unspecified atom stereocenters. The van der Waals surface area contributed by atoms with Gasteiger partial charge in [-0.1, -0.05) is 29.7 Å². The molecule has 1 atom stereocenters. The van der Waals surface area contributed by atoms with Gasteiger partial charge in [0.25, 0.3) is 5.91 Å². The second-order valence-corrected chi connectivity index (χ2v) is 4.63. The van der Waals surface area contributed by atoms with E-state index in [-0.39, 0.29) is 16.4 Å². The molecule has 19 heavy (non-hydrogen) atoms. The van der Waals surface area contributed by atoms with Gasteiger partial charge in [-0.3, -0.25) is 4.79 Å². The predicted octanol–water partition coefficient (Wildman–Crippen LogP) is 2.12. The van der Waals surface area contributed by atoms with Gasteiger partial charge >= 0.3 is 0 Å². The lowest BCUT2D eigenvalue weighted by Gasteiger charge is -2.28. The minimum absolute atomic E-state index is 0.144. The van der Waals surface area contributed by atoms with E-state index >= 15 is 0 Å². The summed E-state index contributed by atoms with van der Waals surface area (Å²) < 4.78 is 13.7. The fourth-order valence-electron chi connectivity index (χ4n) is 1.44. The van der Waals surface area contributed by atoms with E-state index < -0.39 is 17.3 Å². The zero-order valence-corrected chi connectivity index (χ0v) is 11.3. The second-order valence-electron chi connectivity index (χ2n) is 4.23. The summed E-state index contributed by atoms with van der Waals surface area (Å²) in [5.41, 5.74) is 4.26. The van der Waals surface area contributed by atoms with E-state index in [0.29, 0.717) is 6.42 Å². The van der Waals surface area contributed by atoms with Crippen molar-refractivity contribution in [2.75, 3.05) is 0 Å². The number of carbonyl (C=O) groups excluding carboxylic acids is 1. The summed E-state index contributed by atoms with van der Waals surface area (Å²) in [5.74, 6) is -1.65. The first-order valence-corrected chi connectivity index (χ1v) is 5.98. The lowest BCUT2D eigenvalue weighted by atomic mass is 9.97. The first-order chi connectivity index (χ1) is 8.85. The zero-order chi connectivity index (χ0) is 14.6. The van der Waals surface area contributed by atoms with Gasteiger partial charge < -0.3 is 16.3 Å². The summed E-state index contributed by atoms with van der Waals surface area (Å²) in [4.78, 5) is 12.0. The first-order valence-electron chi connectivity index (χ1n) is 5.60. The minimum atomic E-state index is -1.07. The Kier molecular flexibility index (Phi) is 4.72. The third kappa shape index (κ3) is 3.14. The Balaban J connectivity index is 3.05. The molecule has 1 aromatic rings. The quantitative estimate of drug-likeness (QED) is 0.343. The predicted molar refractivity (Wildman–Crippen MR) is 71.0 cm³/mol. The summed E-state index contributed by atoms with van der Waals surface area (Å²) in [5, 5.41) is 14.0. The molecule has 0 aliphatic rings. The molecule has 7 heteroatoms. The van der Waals surface area contributed by atoms with Crippen molar-refractivity contribution < 1.29 is 14.4 Å². The highest BCUT2D eigenvalue weighted by Gasteiger charge is 2.30. The molecule has 0 saturated carbocycles. The van der Waals surface area contributed by atoms with Crippen LogP contribution in [0.1, 0.15) is 30.6 Å². The number of rotatable bonds is 4. The number of hydrogen-bond acceptors (Lipinski definition) is 3. The van der Waals surface area contributed by atoms with Crippen LogP contribution in [0.3, 0.4) is 0 Å². The van der Waals surface area contributed by atoms with E-state index in [1.54, 1.807) is 13.8 Å². The number of nitrogens with zero attached hydrogens (tertiary/aromatic N) is 1. The lowest BCUT2D eigenvalue weighted by molar-refractivity contribution is 0.0921. The van der Waals surface area contributed by atoms with Crippen molar-refractivity contribution in [3.8, 4) is 0 Å². The molecule has 0 aliphatic heterocycles. The number of benzene rings is 1. The molecule has 0 bridgehead atoms. The van der Waals surface area contributed by atoms with Crippen molar-refractivity contribution in [2.45, 2.75) is 25.8 Å². The Bertz CT molecular complexity index is 522. The monoisotopic (exact) mass is 287 g/mol. The number of halogens is 2. The van der Waals surface area contributed by atoms with E-state index in [1.807, 2.05) is 0 Å². The van der Waals surface area contributed by atoms with Crippen LogP contribution < -0.4 is 11.1 Å².